The van der Waals surface area contributed by atoms with Gasteiger partial charge in [-0.3, -0.25) is 4.79 Å². The highest BCUT2D eigenvalue weighted by molar-refractivity contribution is 6.15. The topological polar surface area (TPSA) is 58.9 Å². The Balaban J connectivity index is 1.42. The number of rotatable bonds is 6. The predicted octanol–water partition coefficient (Wildman–Crippen LogP) is 5.70. The third-order valence-corrected chi connectivity index (χ3v) is 6.10. The van der Waals surface area contributed by atoms with Gasteiger partial charge in [-0.15, -0.1) is 0 Å². The van der Waals surface area contributed by atoms with E-state index in [1.54, 1.807) is 26.4 Å². The van der Waals surface area contributed by atoms with Crippen LogP contribution < -0.4 is 18.9 Å². The smallest absolute Gasteiger partial charge is 0.231 e. The molecule has 0 amide bonds. The van der Waals surface area contributed by atoms with E-state index in [1.165, 1.54) is 0 Å². The molecule has 0 saturated heterocycles. The van der Waals surface area contributed by atoms with Gasteiger partial charge in [-0.2, -0.15) is 0 Å². The number of aromatic nitrogens is 1. The number of hydrogen-bond donors (Lipinski definition) is 0. The summed E-state index contributed by atoms with van der Waals surface area (Å²) in [5.74, 6) is 2.93. The number of carbonyl (C=O) groups excluding carboxylic acids is 1. The Bertz CT molecular complexity index is 1430. The molecule has 0 bridgehead atoms. The molecule has 1 aliphatic heterocycles. The van der Waals surface area contributed by atoms with Crippen molar-refractivity contribution in [2.45, 2.75) is 13.5 Å². The zero-order valence-electron chi connectivity index (χ0n) is 19.5. The Labute approximate surface area is 197 Å². The third-order valence-electron chi connectivity index (χ3n) is 6.10. The second-order valence-electron chi connectivity index (χ2n) is 8.22. The highest BCUT2D eigenvalue weighted by Gasteiger charge is 2.30. The minimum absolute atomic E-state index is 0.139. The van der Waals surface area contributed by atoms with Crippen molar-refractivity contribution in [3.63, 3.8) is 0 Å². The van der Waals surface area contributed by atoms with E-state index < -0.39 is 0 Å². The van der Waals surface area contributed by atoms with E-state index in [-0.39, 0.29) is 5.78 Å². The Morgan fingerprint density at radius 3 is 2.44 bits per heavy atom. The molecule has 6 nitrogen and oxygen atoms in total. The van der Waals surface area contributed by atoms with Gasteiger partial charge in [0.15, 0.2) is 5.76 Å². The highest BCUT2D eigenvalue weighted by atomic mass is 16.5. The summed E-state index contributed by atoms with van der Waals surface area (Å²) < 4.78 is 24.7. The summed E-state index contributed by atoms with van der Waals surface area (Å²) in [5.41, 5.74) is 4.28. The molecule has 2 heterocycles. The quantitative estimate of drug-likeness (QED) is 0.349. The van der Waals surface area contributed by atoms with Crippen molar-refractivity contribution in [2.24, 2.45) is 7.05 Å². The Morgan fingerprint density at radius 2 is 1.71 bits per heavy atom. The summed E-state index contributed by atoms with van der Waals surface area (Å²) in [5, 5.41) is 0.988. The molecular weight excluding hydrogens is 430 g/mol. The SMILES string of the molecule is COc1ccc(COc2ccc3c(c2C)O/C(=C\c2cn(C)c4ccc(OC)cc24)C3=O)cc1. The van der Waals surface area contributed by atoms with Crippen LogP contribution in [0, 0.1) is 6.92 Å². The standard InChI is InChI=1S/C28H25NO5/c1-17-25(33-16-18-5-7-20(31-3)8-6-18)12-10-22-27(30)26(34-28(17)22)13-19-15-29(2)24-11-9-21(32-4)14-23(19)24/h5-15H,16H2,1-4H3/b26-13-. The van der Waals surface area contributed by atoms with Gasteiger partial charge in [-0.1, -0.05) is 12.1 Å². The maximum absolute atomic E-state index is 13.1. The van der Waals surface area contributed by atoms with Crippen LogP contribution >= 0.6 is 0 Å². The predicted molar refractivity (Wildman–Crippen MR) is 131 cm³/mol. The van der Waals surface area contributed by atoms with Crippen molar-refractivity contribution in [3.05, 3.63) is 88.8 Å². The molecule has 34 heavy (non-hydrogen) atoms. The van der Waals surface area contributed by atoms with Crippen LogP contribution in [0.1, 0.15) is 27.0 Å². The first-order chi connectivity index (χ1) is 16.5. The first-order valence-corrected chi connectivity index (χ1v) is 10.9. The second kappa shape index (κ2) is 8.63. The average molecular weight is 456 g/mol. The monoisotopic (exact) mass is 455 g/mol. The molecule has 0 aliphatic carbocycles. The summed E-state index contributed by atoms with van der Waals surface area (Å²) in [6, 6.07) is 17.2. The van der Waals surface area contributed by atoms with Gasteiger partial charge in [0.25, 0.3) is 0 Å². The van der Waals surface area contributed by atoms with E-state index >= 15 is 0 Å². The summed E-state index contributed by atoms with van der Waals surface area (Å²) in [4.78, 5) is 13.1. The normalized spacial score (nSPS) is 13.8. The van der Waals surface area contributed by atoms with Crippen molar-refractivity contribution in [1.82, 2.24) is 4.57 Å². The maximum Gasteiger partial charge on any atom is 0.231 e. The molecule has 0 saturated carbocycles. The fourth-order valence-electron chi connectivity index (χ4n) is 4.19. The van der Waals surface area contributed by atoms with Crippen LogP contribution in [0.4, 0.5) is 0 Å². The fraction of sp³-hybridized carbons (Fsp3) is 0.179. The molecule has 0 spiro atoms. The number of methoxy groups -OCH3 is 2. The molecule has 0 unspecified atom stereocenters. The summed E-state index contributed by atoms with van der Waals surface area (Å²) in [6.45, 7) is 2.30. The lowest BCUT2D eigenvalue weighted by atomic mass is 10.1. The molecule has 1 aromatic heterocycles. The van der Waals surface area contributed by atoms with E-state index in [0.29, 0.717) is 29.4 Å². The van der Waals surface area contributed by atoms with Crippen molar-refractivity contribution in [1.29, 1.82) is 0 Å². The average Bonchev–Trinajstić information content (AvgIpc) is 3.35. The molecule has 0 N–H and O–H groups in total. The Morgan fingerprint density at radius 1 is 0.971 bits per heavy atom. The minimum atomic E-state index is -0.139. The lowest BCUT2D eigenvalue weighted by molar-refractivity contribution is 0.101. The van der Waals surface area contributed by atoms with Gasteiger partial charge in [-0.05, 0) is 61.0 Å². The molecular formula is C28H25NO5. The molecule has 172 valence electrons. The molecule has 3 aromatic carbocycles. The van der Waals surface area contributed by atoms with Gasteiger partial charge in [0.1, 0.15) is 29.6 Å². The zero-order valence-corrected chi connectivity index (χ0v) is 19.5. The molecule has 6 heteroatoms. The van der Waals surface area contributed by atoms with E-state index in [0.717, 1.165) is 39.1 Å². The van der Waals surface area contributed by atoms with Gasteiger partial charge in [0.2, 0.25) is 5.78 Å². The number of hydrogen-bond acceptors (Lipinski definition) is 5. The van der Waals surface area contributed by atoms with E-state index in [2.05, 4.69) is 0 Å². The number of aryl methyl sites for hydroxylation is 1. The van der Waals surface area contributed by atoms with Crippen LogP contribution in [0.15, 0.2) is 66.6 Å². The van der Waals surface area contributed by atoms with Crippen LogP contribution in [0.5, 0.6) is 23.0 Å². The lowest BCUT2D eigenvalue weighted by Gasteiger charge is -2.12. The molecule has 0 atom stereocenters. The highest BCUT2D eigenvalue weighted by Crippen LogP contribution is 2.40. The Hall–Kier alpha value is -4.19. The number of carbonyl (C=O) groups is 1. The van der Waals surface area contributed by atoms with E-state index in [4.69, 9.17) is 18.9 Å². The molecule has 4 aromatic rings. The number of Topliss-reactive ketones (excluding diaryl/α,β-unsaturated/α-hetero) is 1. The maximum atomic E-state index is 13.1. The van der Waals surface area contributed by atoms with E-state index in [1.807, 2.05) is 73.3 Å². The van der Waals surface area contributed by atoms with Crippen molar-refractivity contribution in [3.8, 4) is 23.0 Å². The van der Waals surface area contributed by atoms with Crippen LogP contribution in [0.25, 0.3) is 17.0 Å². The van der Waals surface area contributed by atoms with Gasteiger partial charge in [0, 0.05) is 35.3 Å². The fourth-order valence-corrected chi connectivity index (χ4v) is 4.19. The Kier molecular flexibility index (Phi) is 5.49. The number of benzene rings is 3. The minimum Gasteiger partial charge on any atom is -0.497 e. The van der Waals surface area contributed by atoms with E-state index in [9.17, 15) is 4.79 Å². The largest absolute Gasteiger partial charge is 0.497 e. The summed E-state index contributed by atoms with van der Waals surface area (Å²) >= 11 is 0. The third kappa shape index (κ3) is 3.77. The van der Waals surface area contributed by atoms with Gasteiger partial charge >= 0.3 is 0 Å². The molecule has 5 rings (SSSR count). The molecule has 0 fully saturated rings. The second-order valence-corrected chi connectivity index (χ2v) is 8.22. The van der Waals surface area contributed by atoms with Crippen molar-refractivity contribution >= 4 is 22.8 Å². The van der Waals surface area contributed by atoms with Crippen LogP contribution in [-0.4, -0.2) is 24.6 Å². The first kappa shape index (κ1) is 21.6. The number of ether oxygens (including phenoxy) is 4. The van der Waals surface area contributed by atoms with Crippen LogP contribution in [0.2, 0.25) is 0 Å². The summed E-state index contributed by atoms with van der Waals surface area (Å²) in [6.07, 6.45) is 3.77. The molecule has 0 radical (unpaired) electrons. The van der Waals surface area contributed by atoms with Crippen LogP contribution in [0.3, 0.4) is 0 Å². The number of fused-ring (bicyclic) bond motifs is 2. The van der Waals surface area contributed by atoms with Gasteiger partial charge < -0.3 is 23.5 Å². The van der Waals surface area contributed by atoms with Crippen LogP contribution in [-0.2, 0) is 13.7 Å². The summed E-state index contributed by atoms with van der Waals surface area (Å²) in [7, 11) is 5.25. The van der Waals surface area contributed by atoms with Gasteiger partial charge in [-0.25, -0.2) is 0 Å². The number of allylic oxidation sites excluding steroid dienone is 1. The van der Waals surface area contributed by atoms with Crippen molar-refractivity contribution < 1.29 is 23.7 Å². The lowest BCUT2D eigenvalue weighted by Crippen LogP contribution is -1.98. The van der Waals surface area contributed by atoms with Crippen molar-refractivity contribution in [2.75, 3.05) is 14.2 Å². The zero-order chi connectivity index (χ0) is 23.8. The number of nitrogens with zero attached hydrogens (tertiary/aromatic N) is 1. The first-order valence-electron chi connectivity index (χ1n) is 10.9. The van der Waals surface area contributed by atoms with Gasteiger partial charge in [0.05, 0.1) is 19.8 Å². The number of ketones is 1. The molecule has 1 aliphatic rings.